The summed E-state index contributed by atoms with van der Waals surface area (Å²) in [4.78, 5) is 55.3. The zero-order chi connectivity index (χ0) is 26.4. The van der Waals surface area contributed by atoms with Crippen molar-refractivity contribution in [2.75, 3.05) is 18.4 Å². The zero-order valence-corrected chi connectivity index (χ0v) is 21.7. The van der Waals surface area contributed by atoms with Crippen molar-refractivity contribution >= 4 is 29.3 Å². The minimum Gasteiger partial charge on any atom is -0.350 e. The molecule has 2 aromatic carbocycles. The number of rotatable bonds is 7. The van der Waals surface area contributed by atoms with Gasteiger partial charge in [0, 0.05) is 50.8 Å². The van der Waals surface area contributed by atoms with E-state index < -0.39 is 5.54 Å². The molecule has 1 saturated carbocycles. The molecule has 0 aromatic heterocycles. The molecule has 2 aliphatic rings. The highest BCUT2D eigenvalue weighted by atomic mass is 16.2. The third kappa shape index (κ3) is 6.01. The largest absolute Gasteiger partial charge is 0.350 e. The van der Waals surface area contributed by atoms with Gasteiger partial charge in [-0.3, -0.25) is 19.2 Å². The number of carbonyl (C=O) groups is 4. The summed E-state index contributed by atoms with van der Waals surface area (Å²) < 4.78 is 0. The predicted molar refractivity (Wildman–Crippen MR) is 142 cm³/mol. The molecule has 1 saturated heterocycles. The summed E-state index contributed by atoms with van der Waals surface area (Å²) in [5, 5.41) is 5.84. The lowest BCUT2D eigenvalue weighted by molar-refractivity contribution is -0.142. The Morgan fingerprint density at radius 2 is 1.54 bits per heavy atom. The van der Waals surface area contributed by atoms with Crippen LogP contribution in [0, 0.1) is 0 Å². The van der Waals surface area contributed by atoms with Crippen molar-refractivity contribution in [3.05, 3.63) is 65.7 Å². The summed E-state index contributed by atoms with van der Waals surface area (Å²) in [5.74, 6) is -0.564. The average molecular weight is 505 g/mol. The van der Waals surface area contributed by atoms with Crippen LogP contribution in [0.1, 0.15) is 68.3 Å². The number of carbonyl (C=O) groups excluding carboxylic acids is 4. The molecule has 1 heterocycles. The Kier molecular flexibility index (Phi) is 8.26. The summed E-state index contributed by atoms with van der Waals surface area (Å²) in [5.41, 5.74) is 1.02. The fourth-order valence-corrected chi connectivity index (χ4v) is 5.62. The van der Waals surface area contributed by atoms with E-state index in [2.05, 4.69) is 10.6 Å². The van der Waals surface area contributed by atoms with E-state index in [1.54, 1.807) is 36.1 Å². The Bertz CT molecular complexity index is 1120. The molecule has 0 bridgehead atoms. The van der Waals surface area contributed by atoms with Gasteiger partial charge in [0.15, 0.2) is 0 Å². The highest BCUT2D eigenvalue weighted by molar-refractivity contribution is 6.00. The van der Waals surface area contributed by atoms with Crippen LogP contribution in [0.2, 0.25) is 0 Å². The molecule has 4 rings (SSSR count). The van der Waals surface area contributed by atoms with Gasteiger partial charge in [-0.1, -0.05) is 43.2 Å². The molecule has 2 fully saturated rings. The van der Waals surface area contributed by atoms with E-state index in [0.29, 0.717) is 43.7 Å². The summed E-state index contributed by atoms with van der Waals surface area (Å²) >= 11 is 0. The summed E-state index contributed by atoms with van der Waals surface area (Å²) in [6.45, 7) is 4.19. The van der Waals surface area contributed by atoms with E-state index >= 15 is 0 Å². The van der Waals surface area contributed by atoms with Crippen LogP contribution in [-0.4, -0.2) is 58.1 Å². The van der Waals surface area contributed by atoms with Gasteiger partial charge in [0.05, 0.1) is 0 Å². The number of nitrogens with zero attached hydrogens (tertiary/aromatic N) is 2. The standard InChI is InChI=1S/C29H36N4O4/c1-21(34)31-25-14-12-24(13-15-25)27(36)33(26-10-6-7-11-26)29(16-18-32(19-17-29)22(2)35)28(37)30-20-23-8-4-3-5-9-23/h3-5,8-9,12-15,26H,6-7,10-11,16-20H2,1-2H3,(H,30,37)(H,31,34). The van der Waals surface area contributed by atoms with Crippen LogP contribution in [0.25, 0.3) is 0 Å². The molecular formula is C29H36N4O4. The van der Waals surface area contributed by atoms with Gasteiger partial charge in [0.2, 0.25) is 17.7 Å². The maximum Gasteiger partial charge on any atom is 0.255 e. The summed E-state index contributed by atoms with van der Waals surface area (Å²) in [7, 11) is 0. The Balaban J connectivity index is 1.67. The van der Waals surface area contributed by atoms with Gasteiger partial charge < -0.3 is 20.4 Å². The van der Waals surface area contributed by atoms with Crippen LogP contribution in [-0.2, 0) is 20.9 Å². The average Bonchev–Trinajstić information content (AvgIpc) is 3.42. The molecule has 0 unspecified atom stereocenters. The molecule has 8 nitrogen and oxygen atoms in total. The maximum absolute atomic E-state index is 14.1. The third-order valence-corrected chi connectivity index (χ3v) is 7.58. The Morgan fingerprint density at radius 1 is 0.919 bits per heavy atom. The van der Waals surface area contributed by atoms with Gasteiger partial charge >= 0.3 is 0 Å². The Morgan fingerprint density at radius 3 is 2.11 bits per heavy atom. The quantitative estimate of drug-likeness (QED) is 0.600. The third-order valence-electron chi connectivity index (χ3n) is 7.58. The number of piperidine rings is 1. The fourth-order valence-electron chi connectivity index (χ4n) is 5.62. The summed E-state index contributed by atoms with van der Waals surface area (Å²) in [6, 6.07) is 16.5. The molecule has 4 amide bonds. The topological polar surface area (TPSA) is 98.8 Å². The number of hydrogen-bond acceptors (Lipinski definition) is 4. The number of likely N-dealkylation sites (tertiary alicyclic amines) is 1. The monoisotopic (exact) mass is 504 g/mol. The lowest BCUT2D eigenvalue weighted by atomic mass is 9.82. The second-order valence-electron chi connectivity index (χ2n) is 10.1. The van der Waals surface area contributed by atoms with Gasteiger partial charge in [-0.05, 0) is 55.5 Å². The first-order chi connectivity index (χ1) is 17.8. The van der Waals surface area contributed by atoms with Crippen molar-refractivity contribution in [1.82, 2.24) is 15.1 Å². The van der Waals surface area contributed by atoms with Gasteiger partial charge in [0.25, 0.3) is 5.91 Å². The number of hydrogen-bond donors (Lipinski definition) is 2. The normalized spacial score (nSPS) is 17.2. The first kappa shape index (κ1) is 26.4. The highest BCUT2D eigenvalue weighted by Crippen LogP contribution is 2.38. The van der Waals surface area contributed by atoms with E-state index in [4.69, 9.17) is 0 Å². The van der Waals surface area contributed by atoms with Gasteiger partial charge in [-0.15, -0.1) is 0 Å². The van der Waals surface area contributed by atoms with Crippen LogP contribution < -0.4 is 10.6 Å². The molecule has 196 valence electrons. The van der Waals surface area contributed by atoms with Crippen molar-refractivity contribution in [2.45, 2.75) is 70.5 Å². The molecule has 2 aromatic rings. The molecule has 0 atom stereocenters. The highest BCUT2D eigenvalue weighted by Gasteiger charge is 2.51. The predicted octanol–water partition coefficient (Wildman–Crippen LogP) is 3.73. The smallest absolute Gasteiger partial charge is 0.255 e. The molecule has 1 aliphatic heterocycles. The molecule has 37 heavy (non-hydrogen) atoms. The molecule has 1 aliphatic carbocycles. The number of anilines is 1. The number of nitrogens with one attached hydrogen (secondary N) is 2. The lowest BCUT2D eigenvalue weighted by Gasteiger charge is -2.50. The van der Waals surface area contributed by atoms with E-state index in [0.717, 1.165) is 31.2 Å². The van der Waals surface area contributed by atoms with Crippen LogP contribution >= 0.6 is 0 Å². The first-order valence-electron chi connectivity index (χ1n) is 13.1. The van der Waals surface area contributed by atoms with Crippen LogP contribution in [0.4, 0.5) is 5.69 Å². The van der Waals surface area contributed by atoms with Crippen LogP contribution in [0.5, 0.6) is 0 Å². The fraction of sp³-hybridized carbons (Fsp3) is 0.448. The van der Waals surface area contributed by atoms with Crippen LogP contribution in [0.3, 0.4) is 0 Å². The number of amides is 4. The molecule has 8 heteroatoms. The molecular weight excluding hydrogens is 468 g/mol. The van der Waals surface area contributed by atoms with Crippen molar-refractivity contribution in [3.63, 3.8) is 0 Å². The Labute approximate surface area is 218 Å². The van der Waals surface area contributed by atoms with E-state index in [1.807, 2.05) is 35.2 Å². The second kappa shape index (κ2) is 11.6. The number of benzene rings is 2. The van der Waals surface area contributed by atoms with Crippen LogP contribution in [0.15, 0.2) is 54.6 Å². The zero-order valence-electron chi connectivity index (χ0n) is 21.7. The van der Waals surface area contributed by atoms with Crippen molar-refractivity contribution in [3.8, 4) is 0 Å². The van der Waals surface area contributed by atoms with Gasteiger partial charge in [-0.2, -0.15) is 0 Å². The van der Waals surface area contributed by atoms with E-state index in [9.17, 15) is 19.2 Å². The SMILES string of the molecule is CC(=O)Nc1ccc(C(=O)N(C2CCCC2)C2(C(=O)NCc3ccccc3)CCN(C(C)=O)CC2)cc1. The molecule has 0 spiro atoms. The van der Waals surface area contributed by atoms with E-state index in [-0.39, 0.29) is 29.7 Å². The minimum absolute atomic E-state index is 0.0226. The van der Waals surface area contributed by atoms with E-state index in [1.165, 1.54) is 6.92 Å². The van der Waals surface area contributed by atoms with Gasteiger partial charge in [-0.25, -0.2) is 0 Å². The van der Waals surface area contributed by atoms with Gasteiger partial charge in [0.1, 0.15) is 5.54 Å². The second-order valence-corrected chi connectivity index (χ2v) is 10.1. The minimum atomic E-state index is -1.05. The lowest BCUT2D eigenvalue weighted by Crippen LogP contribution is -2.67. The Hall–Kier alpha value is -3.68. The molecule has 0 radical (unpaired) electrons. The first-order valence-corrected chi connectivity index (χ1v) is 13.1. The van der Waals surface area contributed by atoms with Crippen molar-refractivity contribution < 1.29 is 19.2 Å². The maximum atomic E-state index is 14.1. The summed E-state index contributed by atoms with van der Waals surface area (Å²) in [6.07, 6.45) is 4.49. The van der Waals surface area contributed by atoms with Crippen molar-refractivity contribution in [1.29, 1.82) is 0 Å². The van der Waals surface area contributed by atoms with Crippen molar-refractivity contribution in [2.24, 2.45) is 0 Å². The molecule has 2 N–H and O–H groups in total.